The molecule has 220 valence electrons. The number of nitrogens with zero attached hydrogens (tertiary/aromatic N) is 4. The van der Waals surface area contributed by atoms with Crippen molar-refractivity contribution in [1.82, 2.24) is 30.2 Å². The van der Waals surface area contributed by atoms with Crippen molar-refractivity contribution in [3.63, 3.8) is 0 Å². The summed E-state index contributed by atoms with van der Waals surface area (Å²) in [5.41, 5.74) is 2.32. The average Bonchev–Trinajstić information content (AvgIpc) is 3.66. The SMILES string of the molecule is Cc1cccc(C(=O)N[C@H](c2cn3ncc(C(NC(=O)CCC(F)(F)F)C4CC4)cc3n2)C2CCC(F)(F)CC2)n1. The number of rotatable bonds is 9. The van der Waals surface area contributed by atoms with Gasteiger partial charge < -0.3 is 10.6 Å². The molecule has 0 bridgehead atoms. The van der Waals surface area contributed by atoms with E-state index in [4.69, 9.17) is 0 Å². The summed E-state index contributed by atoms with van der Waals surface area (Å²) in [6.07, 6.45) is -1.66. The molecule has 3 aromatic heterocycles. The van der Waals surface area contributed by atoms with Gasteiger partial charge in [0.05, 0.1) is 36.6 Å². The Hall–Kier alpha value is -3.64. The predicted octanol–water partition coefficient (Wildman–Crippen LogP) is 5.64. The van der Waals surface area contributed by atoms with Gasteiger partial charge in [-0.15, -0.1) is 0 Å². The maximum atomic E-state index is 14.0. The molecule has 5 rings (SSSR count). The fraction of sp³-hybridized carbons (Fsp3) is 0.536. The number of carbonyl (C=O) groups is 2. The van der Waals surface area contributed by atoms with Gasteiger partial charge in [0.25, 0.3) is 5.91 Å². The second-order valence-corrected chi connectivity index (χ2v) is 11.1. The van der Waals surface area contributed by atoms with Crippen LogP contribution in [0, 0.1) is 18.8 Å². The number of hydrogen-bond acceptors (Lipinski definition) is 5. The van der Waals surface area contributed by atoms with Crippen molar-refractivity contribution in [1.29, 1.82) is 0 Å². The molecular weight excluding hydrogens is 547 g/mol. The number of alkyl halides is 5. The number of pyridine rings is 1. The standard InChI is InChI=1S/C28H31F5N6O2/c1-16-3-2-4-20(35-16)26(41)38-25(18-7-10-27(29,30)11-8-18)21-15-39-22(36-21)13-19(14-34-39)24(17-5-6-17)37-23(40)9-12-28(31,32)33/h2-4,13-15,17-18,24-25H,5-12H2,1H3,(H,37,40)(H,38,41)/t24?,25-/m0/s1. The van der Waals surface area contributed by atoms with Gasteiger partial charge in [-0.05, 0) is 68.2 Å². The molecule has 3 heterocycles. The summed E-state index contributed by atoms with van der Waals surface area (Å²) in [5.74, 6) is -4.09. The van der Waals surface area contributed by atoms with Crippen LogP contribution in [0.1, 0.15) is 90.9 Å². The number of halogens is 5. The molecule has 2 fully saturated rings. The number of imidazole rings is 1. The maximum Gasteiger partial charge on any atom is 0.389 e. The number of amides is 2. The highest BCUT2D eigenvalue weighted by molar-refractivity contribution is 5.92. The summed E-state index contributed by atoms with van der Waals surface area (Å²) in [4.78, 5) is 34.3. The van der Waals surface area contributed by atoms with Crippen LogP contribution < -0.4 is 10.6 Å². The van der Waals surface area contributed by atoms with Gasteiger partial charge in [-0.1, -0.05) is 6.07 Å². The molecule has 2 amide bonds. The fourth-order valence-electron chi connectivity index (χ4n) is 5.35. The van der Waals surface area contributed by atoms with Crippen LogP contribution >= 0.6 is 0 Å². The van der Waals surface area contributed by atoms with Crippen molar-refractivity contribution in [3.8, 4) is 0 Å². The third kappa shape index (κ3) is 7.36. The molecule has 2 N–H and O–H groups in total. The van der Waals surface area contributed by atoms with Crippen LogP contribution in [-0.4, -0.2) is 43.5 Å². The first-order chi connectivity index (χ1) is 19.4. The molecule has 2 atom stereocenters. The first-order valence-corrected chi connectivity index (χ1v) is 13.7. The molecule has 2 aliphatic rings. The number of fused-ring (bicyclic) bond motifs is 1. The van der Waals surface area contributed by atoms with E-state index in [1.165, 1.54) is 10.7 Å². The quantitative estimate of drug-likeness (QED) is 0.320. The Kier molecular flexibility index (Phi) is 7.97. The lowest BCUT2D eigenvalue weighted by Gasteiger charge is -2.33. The van der Waals surface area contributed by atoms with E-state index in [1.807, 2.05) is 0 Å². The molecule has 8 nitrogen and oxygen atoms in total. The van der Waals surface area contributed by atoms with Crippen molar-refractivity contribution in [2.24, 2.45) is 11.8 Å². The van der Waals surface area contributed by atoms with E-state index in [0.29, 0.717) is 22.6 Å². The zero-order valence-corrected chi connectivity index (χ0v) is 22.4. The molecule has 0 aliphatic heterocycles. The van der Waals surface area contributed by atoms with E-state index < -0.39 is 48.8 Å². The maximum absolute atomic E-state index is 14.0. The van der Waals surface area contributed by atoms with Crippen molar-refractivity contribution in [2.75, 3.05) is 0 Å². The summed E-state index contributed by atoms with van der Waals surface area (Å²) in [5, 5.41) is 10.1. The zero-order chi connectivity index (χ0) is 29.4. The minimum atomic E-state index is -4.42. The van der Waals surface area contributed by atoms with E-state index >= 15 is 0 Å². The molecule has 0 aromatic carbocycles. The topological polar surface area (TPSA) is 101 Å². The molecule has 2 saturated carbocycles. The van der Waals surface area contributed by atoms with Gasteiger partial charge in [0.15, 0.2) is 5.65 Å². The molecule has 13 heteroatoms. The molecule has 1 unspecified atom stereocenters. The van der Waals surface area contributed by atoms with E-state index in [9.17, 15) is 31.5 Å². The molecule has 0 spiro atoms. The first-order valence-electron chi connectivity index (χ1n) is 13.7. The highest BCUT2D eigenvalue weighted by Gasteiger charge is 2.40. The molecule has 3 aromatic rings. The largest absolute Gasteiger partial charge is 0.389 e. The molecule has 0 saturated heterocycles. The highest BCUT2D eigenvalue weighted by Crippen LogP contribution is 2.43. The molecule has 0 radical (unpaired) electrons. The number of aryl methyl sites for hydroxylation is 1. The van der Waals surface area contributed by atoms with Crippen molar-refractivity contribution >= 4 is 17.5 Å². The Morgan fingerprint density at radius 3 is 2.41 bits per heavy atom. The van der Waals surface area contributed by atoms with E-state index in [1.54, 1.807) is 37.4 Å². The number of carbonyl (C=O) groups excluding carboxylic acids is 2. The Balaban J connectivity index is 1.39. The van der Waals surface area contributed by atoms with Crippen molar-refractivity contribution in [3.05, 3.63) is 59.3 Å². The van der Waals surface area contributed by atoms with Crippen LogP contribution in [-0.2, 0) is 4.79 Å². The molecule has 41 heavy (non-hydrogen) atoms. The van der Waals surface area contributed by atoms with Gasteiger partial charge in [-0.25, -0.2) is 23.3 Å². The Morgan fingerprint density at radius 1 is 1.05 bits per heavy atom. The van der Waals surface area contributed by atoms with Crippen molar-refractivity contribution in [2.45, 2.75) is 82.5 Å². The normalized spacial score (nSPS) is 19.1. The lowest BCUT2D eigenvalue weighted by atomic mass is 9.81. The molecule has 2 aliphatic carbocycles. The average molecular weight is 579 g/mol. The van der Waals surface area contributed by atoms with Crippen molar-refractivity contribution < 1.29 is 31.5 Å². The minimum absolute atomic E-state index is 0.0845. The lowest BCUT2D eigenvalue weighted by Crippen LogP contribution is -2.37. The van der Waals surface area contributed by atoms with Crippen LogP contribution in [0.3, 0.4) is 0 Å². The van der Waals surface area contributed by atoms with E-state index in [0.717, 1.165) is 12.8 Å². The second kappa shape index (κ2) is 11.3. The summed E-state index contributed by atoms with van der Waals surface area (Å²) in [7, 11) is 0. The minimum Gasteiger partial charge on any atom is -0.349 e. The number of nitrogens with one attached hydrogen (secondary N) is 2. The Morgan fingerprint density at radius 2 is 1.76 bits per heavy atom. The fourth-order valence-corrected chi connectivity index (χ4v) is 5.35. The van der Waals surface area contributed by atoms with Crippen LogP contribution in [0.2, 0.25) is 0 Å². The third-order valence-corrected chi connectivity index (χ3v) is 7.72. The summed E-state index contributed by atoms with van der Waals surface area (Å²) in [6, 6.07) is 5.58. The number of aromatic nitrogens is 4. The van der Waals surface area contributed by atoms with E-state index in [2.05, 4.69) is 25.7 Å². The van der Waals surface area contributed by atoms with Gasteiger partial charge in [0.2, 0.25) is 11.8 Å². The highest BCUT2D eigenvalue weighted by atomic mass is 19.4. The zero-order valence-electron chi connectivity index (χ0n) is 22.4. The second-order valence-electron chi connectivity index (χ2n) is 11.1. The van der Waals surface area contributed by atoms with Gasteiger partial charge in [0, 0.05) is 25.0 Å². The van der Waals surface area contributed by atoms with Crippen LogP contribution in [0.15, 0.2) is 36.7 Å². The summed E-state index contributed by atoms with van der Waals surface area (Å²) >= 11 is 0. The van der Waals surface area contributed by atoms with E-state index in [-0.39, 0.29) is 43.2 Å². The molecular formula is C28H31F5N6O2. The lowest BCUT2D eigenvalue weighted by molar-refractivity contribution is -0.144. The van der Waals surface area contributed by atoms with Gasteiger partial charge in [-0.3, -0.25) is 9.59 Å². The summed E-state index contributed by atoms with van der Waals surface area (Å²) in [6.45, 7) is 1.76. The van der Waals surface area contributed by atoms with Gasteiger partial charge >= 0.3 is 6.18 Å². The van der Waals surface area contributed by atoms with Crippen LogP contribution in [0.25, 0.3) is 5.65 Å². The predicted molar refractivity (Wildman–Crippen MR) is 138 cm³/mol. The smallest absolute Gasteiger partial charge is 0.349 e. The number of hydrogen-bond donors (Lipinski definition) is 2. The van der Waals surface area contributed by atoms with Gasteiger partial charge in [-0.2, -0.15) is 18.3 Å². The Labute approximate surface area is 233 Å². The van der Waals surface area contributed by atoms with Gasteiger partial charge in [0.1, 0.15) is 5.69 Å². The Bertz CT molecular complexity index is 1410. The van der Waals surface area contributed by atoms with Crippen LogP contribution in [0.5, 0.6) is 0 Å². The monoisotopic (exact) mass is 578 g/mol. The summed E-state index contributed by atoms with van der Waals surface area (Å²) < 4.78 is 67.2. The van der Waals surface area contributed by atoms with Crippen LogP contribution in [0.4, 0.5) is 22.0 Å². The first kappa shape index (κ1) is 28.9. The third-order valence-electron chi connectivity index (χ3n) is 7.72.